The number of hydrogen-bond acceptors (Lipinski definition) is 3. The van der Waals surface area contributed by atoms with Crippen molar-refractivity contribution in [2.45, 2.75) is 37.5 Å². The smallest absolute Gasteiger partial charge is 0.265 e. The summed E-state index contributed by atoms with van der Waals surface area (Å²) in [6, 6.07) is 21.9. The summed E-state index contributed by atoms with van der Waals surface area (Å²) < 4.78 is 5.80. The molecule has 3 rings (SSSR count). The SMILES string of the molecule is Cc1cc(O[C@H](C)C(=O)Nc2ccc(CSc3ccccc3)cc2)cc(C)c1Cl. The lowest BCUT2D eigenvalue weighted by Crippen LogP contribution is -2.30. The molecule has 1 atom stereocenters. The number of nitrogens with one attached hydrogen (secondary N) is 1. The van der Waals surface area contributed by atoms with E-state index >= 15 is 0 Å². The molecule has 0 radical (unpaired) electrons. The Balaban J connectivity index is 1.54. The van der Waals surface area contributed by atoms with Gasteiger partial charge in [-0.2, -0.15) is 0 Å². The van der Waals surface area contributed by atoms with Crippen molar-refractivity contribution < 1.29 is 9.53 Å². The molecule has 0 fully saturated rings. The maximum atomic E-state index is 12.5. The Labute approximate surface area is 181 Å². The topological polar surface area (TPSA) is 38.3 Å². The summed E-state index contributed by atoms with van der Waals surface area (Å²) in [5.74, 6) is 1.33. The molecular weight excluding hydrogens is 402 g/mol. The van der Waals surface area contributed by atoms with Crippen LogP contribution in [0.3, 0.4) is 0 Å². The van der Waals surface area contributed by atoms with Gasteiger partial charge in [-0.15, -0.1) is 11.8 Å². The van der Waals surface area contributed by atoms with E-state index in [0.717, 1.165) is 27.6 Å². The number of rotatable bonds is 7. The van der Waals surface area contributed by atoms with Gasteiger partial charge in [-0.1, -0.05) is 41.9 Å². The fourth-order valence-corrected chi connectivity index (χ4v) is 3.83. The molecular formula is C24H24ClNO2S. The summed E-state index contributed by atoms with van der Waals surface area (Å²) in [5, 5.41) is 3.63. The lowest BCUT2D eigenvalue weighted by atomic mass is 10.1. The molecule has 0 aliphatic rings. The Morgan fingerprint density at radius 3 is 2.28 bits per heavy atom. The van der Waals surface area contributed by atoms with Crippen molar-refractivity contribution in [3.05, 3.63) is 88.4 Å². The fourth-order valence-electron chi connectivity index (χ4n) is 2.84. The largest absolute Gasteiger partial charge is 0.481 e. The van der Waals surface area contributed by atoms with Crippen molar-refractivity contribution in [2.24, 2.45) is 0 Å². The van der Waals surface area contributed by atoms with Gasteiger partial charge in [-0.25, -0.2) is 0 Å². The van der Waals surface area contributed by atoms with Crippen molar-refractivity contribution in [2.75, 3.05) is 5.32 Å². The molecule has 3 aromatic carbocycles. The number of hydrogen-bond donors (Lipinski definition) is 1. The first-order valence-electron chi connectivity index (χ1n) is 9.43. The fraction of sp³-hybridized carbons (Fsp3) is 0.208. The molecule has 1 amide bonds. The Kier molecular flexibility index (Phi) is 7.24. The van der Waals surface area contributed by atoms with Gasteiger partial charge in [-0.3, -0.25) is 4.79 Å². The maximum absolute atomic E-state index is 12.5. The first-order chi connectivity index (χ1) is 13.9. The number of ether oxygens (including phenoxy) is 1. The Morgan fingerprint density at radius 2 is 1.66 bits per heavy atom. The van der Waals surface area contributed by atoms with Crippen LogP contribution in [0.1, 0.15) is 23.6 Å². The highest BCUT2D eigenvalue weighted by molar-refractivity contribution is 7.98. The number of carbonyl (C=O) groups excluding carboxylic acids is 1. The van der Waals surface area contributed by atoms with Crippen LogP contribution in [0.15, 0.2) is 71.6 Å². The van der Waals surface area contributed by atoms with E-state index in [-0.39, 0.29) is 5.91 Å². The highest BCUT2D eigenvalue weighted by atomic mass is 35.5. The van der Waals surface area contributed by atoms with Crippen LogP contribution in [0.4, 0.5) is 5.69 Å². The van der Waals surface area contributed by atoms with Gasteiger partial charge in [0.05, 0.1) is 0 Å². The zero-order valence-electron chi connectivity index (χ0n) is 16.7. The van der Waals surface area contributed by atoms with Crippen LogP contribution in [0.25, 0.3) is 0 Å². The normalized spacial score (nSPS) is 11.7. The second-order valence-electron chi connectivity index (χ2n) is 6.92. The number of benzene rings is 3. The number of thioether (sulfide) groups is 1. The summed E-state index contributed by atoms with van der Waals surface area (Å²) in [4.78, 5) is 13.7. The minimum Gasteiger partial charge on any atom is -0.481 e. The predicted molar refractivity (Wildman–Crippen MR) is 122 cm³/mol. The quantitative estimate of drug-likeness (QED) is 0.430. The van der Waals surface area contributed by atoms with Gasteiger partial charge in [0, 0.05) is 21.4 Å². The van der Waals surface area contributed by atoms with Crippen molar-refractivity contribution in [1.29, 1.82) is 0 Å². The highest BCUT2D eigenvalue weighted by Gasteiger charge is 2.16. The van der Waals surface area contributed by atoms with E-state index in [9.17, 15) is 4.79 Å². The second kappa shape index (κ2) is 9.86. The zero-order chi connectivity index (χ0) is 20.8. The molecule has 29 heavy (non-hydrogen) atoms. The highest BCUT2D eigenvalue weighted by Crippen LogP contribution is 2.27. The third kappa shape index (κ3) is 6.02. The molecule has 5 heteroatoms. The van der Waals surface area contributed by atoms with Gasteiger partial charge in [0.2, 0.25) is 0 Å². The third-order valence-electron chi connectivity index (χ3n) is 4.46. The van der Waals surface area contributed by atoms with Crippen molar-refractivity contribution in [3.8, 4) is 5.75 Å². The molecule has 0 saturated carbocycles. The number of anilines is 1. The molecule has 0 unspecified atom stereocenters. The molecule has 3 aromatic rings. The molecule has 0 heterocycles. The first kappa shape index (κ1) is 21.3. The third-order valence-corrected chi connectivity index (χ3v) is 6.14. The molecule has 0 spiro atoms. The number of amides is 1. The zero-order valence-corrected chi connectivity index (χ0v) is 18.3. The van der Waals surface area contributed by atoms with Crippen molar-refractivity contribution in [1.82, 2.24) is 0 Å². The van der Waals surface area contributed by atoms with Gasteiger partial charge in [0.1, 0.15) is 5.75 Å². The van der Waals surface area contributed by atoms with Crippen LogP contribution < -0.4 is 10.1 Å². The summed E-state index contributed by atoms with van der Waals surface area (Å²) in [5.41, 5.74) is 3.81. The van der Waals surface area contributed by atoms with E-state index in [2.05, 4.69) is 17.4 Å². The summed E-state index contributed by atoms with van der Waals surface area (Å²) >= 11 is 7.98. The van der Waals surface area contributed by atoms with Crippen molar-refractivity contribution >= 4 is 35.0 Å². The summed E-state index contributed by atoms with van der Waals surface area (Å²) in [6.45, 7) is 5.58. The molecule has 3 nitrogen and oxygen atoms in total. The van der Waals surface area contributed by atoms with Crippen LogP contribution in [-0.2, 0) is 10.5 Å². The van der Waals surface area contributed by atoms with E-state index < -0.39 is 6.10 Å². The molecule has 0 aliphatic carbocycles. The Morgan fingerprint density at radius 1 is 1.03 bits per heavy atom. The van der Waals surface area contributed by atoms with Gasteiger partial charge in [0.15, 0.2) is 6.10 Å². The van der Waals surface area contributed by atoms with Gasteiger partial charge in [0.25, 0.3) is 5.91 Å². The van der Waals surface area contributed by atoms with Crippen LogP contribution in [0.2, 0.25) is 5.02 Å². The Hall–Kier alpha value is -2.43. The molecule has 0 bridgehead atoms. The van der Waals surface area contributed by atoms with Gasteiger partial charge in [-0.05, 0) is 73.9 Å². The van der Waals surface area contributed by atoms with E-state index in [4.69, 9.17) is 16.3 Å². The number of aryl methyl sites for hydroxylation is 2. The van der Waals surface area contributed by atoms with Crippen LogP contribution >= 0.6 is 23.4 Å². The minimum atomic E-state index is -0.622. The Bertz CT molecular complexity index is 951. The summed E-state index contributed by atoms with van der Waals surface area (Å²) in [7, 11) is 0. The van der Waals surface area contributed by atoms with E-state index in [0.29, 0.717) is 5.75 Å². The van der Waals surface area contributed by atoms with E-state index in [1.54, 1.807) is 18.7 Å². The van der Waals surface area contributed by atoms with Crippen molar-refractivity contribution in [3.63, 3.8) is 0 Å². The van der Waals surface area contributed by atoms with Gasteiger partial charge >= 0.3 is 0 Å². The van der Waals surface area contributed by atoms with Gasteiger partial charge < -0.3 is 10.1 Å². The van der Waals surface area contributed by atoms with E-state index in [1.165, 1.54) is 10.5 Å². The maximum Gasteiger partial charge on any atom is 0.265 e. The lowest BCUT2D eigenvalue weighted by molar-refractivity contribution is -0.122. The van der Waals surface area contributed by atoms with Crippen LogP contribution in [0.5, 0.6) is 5.75 Å². The standard InChI is InChI=1S/C24H24ClNO2S/c1-16-13-21(14-17(2)23(16)25)28-18(3)24(27)26-20-11-9-19(10-12-20)15-29-22-7-5-4-6-8-22/h4-14,18H,15H2,1-3H3,(H,26,27)/t18-/m1/s1. The monoisotopic (exact) mass is 425 g/mol. The lowest BCUT2D eigenvalue weighted by Gasteiger charge is -2.16. The van der Waals surface area contributed by atoms with Crippen LogP contribution in [0, 0.1) is 13.8 Å². The average Bonchev–Trinajstić information content (AvgIpc) is 2.72. The molecule has 150 valence electrons. The summed E-state index contributed by atoms with van der Waals surface area (Å²) in [6.07, 6.45) is -0.622. The van der Waals surface area contributed by atoms with E-state index in [1.807, 2.05) is 68.4 Å². The van der Waals surface area contributed by atoms with Crippen LogP contribution in [-0.4, -0.2) is 12.0 Å². The molecule has 0 aliphatic heterocycles. The molecule has 1 N–H and O–H groups in total. The molecule has 0 aromatic heterocycles. The second-order valence-corrected chi connectivity index (χ2v) is 8.35. The first-order valence-corrected chi connectivity index (χ1v) is 10.8. The average molecular weight is 426 g/mol. The number of carbonyl (C=O) groups is 1. The minimum absolute atomic E-state index is 0.193. The predicted octanol–water partition coefficient (Wildman–Crippen LogP) is 6.66. The molecule has 0 saturated heterocycles. The number of halogens is 1.